The molecule has 1 nitrogen and oxygen atoms in total. The van der Waals surface area contributed by atoms with Gasteiger partial charge in [0.15, 0.2) is 0 Å². The first kappa shape index (κ1) is 11.8. The topological polar surface area (TPSA) is 9.23 Å². The fraction of sp³-hybridized carbons (Fsp3) is 0.333. The van der Waals surface area contributed by atoms with Gasteiger partial charge < -0.3 is 4.74 Å². The molecule has 0 saturated carbocycles. The third-order valence-electron chi connectivity index (χ3n) is 1.75. The fourth-order valence-corrected chi connectivity index (χ4v) is 0.777. The van der Waals surface area contributed by atoms with Crippen LogP contribution in [0, 0.1) is 0 Å². The molecule has 0 bridgehead atoms. The van der Waals surface area contributed by atoms with Gasteiger partial charge >= 0.3 is 0 Å². The van der Waals surface area contributed by atoms with Crippen molar-refractivity contribution >= 4 is 0 Å². The Bertz CT molecular complexity index is 244. The van der Waals surface area contributed by atoms with E-state index in [1.165, 1.54) is 5.57 Å². The normalized spacial score (nSPS) is 12.5. The maximum absolute atomic E-state index is 5.31. The quantitative estimate of drug-likeness (QED) is 0.355. The molecule has 0 unspecified atom stereocenters. The Morgan fingerprint density at radius 1 is 1.38 bits per heavy atom. The molecule has 0 aromatic carbocycles. The molecule has 0 saturated heterocycles. The summed E-state index contributed by atoms with van der Waals surface area (Å²) in [7, 11) is 0. The zero-order valence-electron chi connectivity index (χ0n) is 8.76. The van der Waals surface area contributed by atoms with Gasteiger partial charge in [0.1, 0.15) is 6.61 Å². The lowest BCUT2D eigenvalue weighted by Gasteiger charge is -2.04. The minimum atomic E-state index is 0.546. The largest absolute Gasteiger partial charge is 0.494 e. The summed E-state index contributed by atoms with van der Waals surface area (Å²) in [6.45, 7) is 14.0. The molecule has 0 heterocycles. The van der Waals surface area contributed by atoms with Gasteiger partial charge in [0.05, 0.1) is 5.76 Å². The second-order valence-electron chi connectivity index (χ2n) is 2.85. The first-order valence-electron chi connectivity index (χ1n) is 4.36. The maximum Gasteiger partial charge on any atom is 0.106 e. The van der Waals surface area contributed by atoms with E-state index in [1.54, 1.807) is 6.08 Å². The van der Waals surface area contributed by atoms with Crippen LogP contribution >= 0.6 is 0 Å². The van der Waals surface area contributed by atoms with Gasteiger partial charge in [-0.25, -0.2) is 0 Å². The third kappa shape index (κ3) is 5.07. The van der Waals surface area contributed by atoms with Crippen LogP contribution in [0.1, 0.15) is 20.8 Å². The summed E-state index contributed by atoms with van der Waals surface area (Å²) in [6, 6.07) is 0. The van der Waals surface area contributed by atoms with Crippen LogP contribution in [0.2, 0.25) is 0 Å². The van der Waals surface area contributed by atoms with Crippen LogP contribution in [-0.4, -0.2) is 6.61 Å². The molecule has 1 heteroatoms. The summed E-state index contributed by atoms with van der Waals surface area (Å²) in [6.07, 6.45) is 5.68. The number of rotatable bonds is 5. The molecule has 0 aliphatic carbocycles. The zero-order valence-corrected chi connectivity index (χ0v) is 8.76. The average Bonchev–Trinajstić information content (AvgIpc) is 2.13. The van der Waals surface area contributed by atoms with Crippen LogP contribution in [0.3, 0.4) is 0 Å². The minimum absolute atomic E-state index is 0.546. The van der Waals surface area contributed by atoms with Crippen LogP contribution in [-0.2, 0) is 4.74 Å². The van der Waals surface area contributed by atoms with Gasteiger partial charge in [-0.15, -0.1) is 0 Å². The molecule has 0 aliphatic heterocycles. The van der Waals surface area contributed by atoms with Gasteiger partial charge in [-0.2, -0.15) is 0 Å². The summed E-state index contributed by atoms with van der Waals surface area (Å²) in [4.78, 5) is 0. The molecule has 0 aliphatic rings. The van der Waals surface area contributed by atoms with Gasteiger partial charge in [-0.1, -0.05) is 25.3 Å². The summed E-state index contributed by atoms with van der Waals surface area (Å²) in [5.41, 5.74) is 2.16. The lowest BCUT2D eigenvalue weighted by molar-refractivity contribution is 0.250. The Labute approximate surface area is 81.1 Å². The van der Waals surface area contributed by atoms with Crippen LogP contribution in [0.5, 0.6) is 0 Å². The first-order chi connectivity index (χ1) is 6.11. The predicted molar refractivity (Wildman–Crippen MR) is 58.5 cm³/mol. The second-order valence-corrected chi connectivity index (χ2v) is 2.85. The first-order valence-corrected chi connectivity index (χ1v) is 4.36. The van der Waals surface area contributed by atoms with Gasteiger partial charge in [0, 0.05) is 0 Å². The van der Waals surface area contributed by atoms with Crippen molar-refractivity contribution < 1.29 is 4.74 Å². The number of ether oxygens (including phenoxy) is 1. The molecule has 0 N–H and O–H groups in total. The van der Waals surface area contributed by atoms with E-state index in [4.69, 9.17) is 4.74 Å². The van der Waals surface area contributed by atoms with Crippen molar-refractivity contribution in [1.82, 2.24) is 0 Å². The van der Waals surface area contributed by atoms with Gasteiger partial charge in [-0.05, 0) is 38.0 Å². The van der Waals surface area contributed by atoms with Crippen molar-refractivity contribution in [2.75, 3.05) is 6.61 Å². The number of hydrogen-bond acceptors (Lipinski definition) is 1. The van der Waals surface area contributed by atoms with Crippen molar-refractivity contribution in [2.24, 2.45) is 0 Å². The van der Waals surface area contributed by atoms with Crippen molar-refractivity contribution in [1.29, 1.82) is 0 Å². The van der Waals surface area contributed by atoms with E-state index in [-0.39, 0.29) is 0 Å². The SMILES string of the molecule is C=CCO/C(C)=C\C(=C)/C(C)=C\C. The van der Waals surface area contributed by atoms with Crippen LogP contribution in [0.15, 0.2) is 48.3 Å². The van der Waals surface area contributed by atoms with Crippen LogP contribution in [0.25, 0.3) is 0 Å². The second kappa shape index (κ2) is 6.30. The van der Waals surface area contributed by atoms with E-state index >= 15 is 0 Å². The highest BCUT2D eigenvalue weighted by Gasteiger charge is 1.93. The molecular formula is C12H18O. The van der Waals surface area contributed by atoms with Gasteiger partial charge in [0.2, 0.25) is 0 Å². The molecule has 0 amide bonds. The lowest BCUT2D eigenvalue weighted by Crippen LogP contribution is -1.89. The Morgan fingerprint density at radius 3 is 2.46 bits per heavy atom. The van der Waals surface area contributed by atoms with Crippen molar-refractivity contribution in [2.45, 2.75) is 20.8 Å². The van der Waals surface area contributed by atoms with E-state index in [2.05, 4.69) is 13.2 Å². The highest BCUT2D eigenvalue weighted by molar-refractivity contribution is 5.36. The molecule has 0 fully saturated rings. The van der Waals surface area contributed by atoms with Crippen molar-refractivity contribution in [3.05, 3.63) is 48.3 Å². The Balaban J connectivity index is 4.21. The number of hydrogen-bond donors (Lipinski definition) is 0. The average molecular weight is 178 g/mol. The van der Waals surface area contributed by atoms with E-state index in [0.717, 1.165) is 11.3 Å². The molecule has 0 rings (SSSR count). The molecule has 0 spiro atoms. The highest BCUT2D eigenvalue weighted by atomic mass is 16.5. The molecular weight excluding hydrogens is 160 g/mol. The summed E-state index contributed by atoms with van der Waals surface area (Å²) >= 11 is 0. The zero-order chi connectivity index (χ0) is 10.3. The molecule has 72 valence electrons. The van der Waals surface area contributed by atoms with Gasteiger partial charge in [0.25, 0.3) is 0 Å². The molecule has 0 atom stereocenters. The third-order valence-corrected chi connectivity index (χ3v) is 1.75. The van der Waals surface area contributed by atoms with E-state index in [1.807, 2.05) is 32.9 Å². The van der Waals surface area contributed by atoms with Crippen molar-refractivity contribution in [3.8, 4) is 0 Å². The van der Waals surface area contributed by atoms with Crippen LogP contribution in [0.4, 0.5) is 0 Å². The summed E-state index contributed by atoms with van der Waals surface area (Å²) < 4.78 is 5.31. The standard InChI is InChI=1S/C12H18O/c1-6-8-13-12(5)9-11(4)10(3)7-2/h6-7,9H,1,4,8H2,2-3,5H3/b10-7-,12-9-. The van der Waals surface area contributed by atoms with Crippen molar-refractivity contribution in [3.63, 3.8) is 0 Å². The van der Waals surface area contributed by atoms with Crippen LogP contribution < -0.4 is 0 Å². The molecule has 0 radical (unpaired) electrons. The smallest absolute Gasteiger partial charge is 0.106 e. The Morgan fingerprint density at radius 2 is 2.00 bits per heavy atom. The lowest BCUT2D eigenvalue weighted by atomic mass is 10.1. The summed E-state index contributed by atoms with van der Waals surface area (Å²) in [5.74, 6) is 0.867. The van der Waals surface area contributed by atoms with E-state index in [9.17, 15) is 0 Å². The Kier molecular flexibility index (Phi) is 5.69. The minimum Gasteiger partial charge on any atom is -0.494 e. The monoisotopic (exact) mass is 178 g/mol. The van der Waals surface area contributed by atoms with E-state index in [0.29, 0.717) is 6.61 Å². The molecule has 0 aromatic heterocycles. The fourth-order valence-electron chi connectivity index (χ4n) is 0.777. The maximum atomic E-state index is 5.31. The Hall–Kier alpha value is -1.24. The van der Waals surface area contributed by atoms with E-state index < -0.39 is 0 Å². The number of allylic oxidation sites excluding steroid dienone is 5. The predicted octanol–water partition coefficient (Wildman–Crippen LogP) is 3.62. The van der Waals surface area contributed by atoms with Gasteiger partial charge in [-0.3, -0.25) is 0 Å². The summed E-state index contributed by atoms with van der Waals surface area (Å²) in [5, 5.41) is 0. The molecule has 13 heavy (non-hydrogen) atoms. The molecule has 0 aromatic rings. The highest BCUT2D eigenvalue weighted by Crippen LogP contribution is 2.10.